The summed E-state index contributed by atoms with van der Waals surface area (Å²) in [5.41, 5.74) is 1.45. The molecule has 0 saturated carbocycles. The molecule has 1 aliphatic heterocycles. The number of hydrogen-bond acceptors (Lipinski definition) is 7. The Morgan fingerprint density at radius 2 is 1.94 bits per heavy atom. The van der Waals surface area contributed by atoms with Crippen molar-refractivity contribution in [1.82, 2.24) is 19.7 Å². The summed E-state index contributed by atoms with van der Waals surface area (Å²) < 4.78 is 14.3. The van der Waals surface area contributed by atoms with Crippen molar-refractivity contribution in [1.29, 1.82) is 0 Å². The number of piperidine rings is 1. The number of methoxy groups -OCH3 is 1. The summed E-state index contributed by atoms with van der Waals surface area (Å²) in [6.07, 6.45) is 3.67. The first kappa shape index (κ1) is 22.2. The molecule has 5 rings (SSSR count). The largest absolute Gasteiger partial charge is 0.495 e. The van der Waals surface area contributed by atoms with E-state index < -0.39 is 5.60 Å². The van der Waals surface area contributed by atoms with Gasteiger partial charge in [-0.3, -0.25) is 4.68 Å². The second-order valence-corrected chi connectivity index (χ2v) is 11.6. The monoisotopic (exact) mass is 484 g/mol. The van der Waals surface area contributed by atoms with E-state index in [2.05, 4.69) is 11.2 Å². The third-order valence-electron chi connectivity index (χ3n) is 5.85. The zero-order valence-electron chi connectivity index (χ0n) is 19.5. The number of rotatable bonds is 3. The molecule has 0 bridgehead atoms. The van der Waals surface area contributed by atoms with E-state index in [1.165, 1.54) is 9.58 Å². The fraction of sp³-hybridized carbons (Fsp3) is 0.458. The fourth-order valence-corrected chi connectivity index (χ4v) is 6.73. The summed E-state index contributed by atoms with van der Waals surface area (Å²) >= 11 is 3.47. The minimum Gasteiger partial charge on any atom is -0.495 e. The maximum atomic E-state index is 12.3. The van der Waals surface area contributed by atoms with Crippen molar-refractivity contribution in [3.63, 3.8) is 0 Å². The molecular weight excluding hydrogens is 456 g/mol. The number of carbonyl (C=O) groups excluding carboxylic acids is 1. The van der Waals surface area contributed by atoms with Gasteiger partial charge in [-0.05, 0) is 57.7 Å². The van der Waals surface area contributed by atoms with Crippen molar-refractivity contribution < 1.29 is 14.3 Å². The number of aryl methyl sites for hydroxylation is 1. The molecule has 4 heterocycles. The number of likely N-dealkylation sites (tertiary alicyclic amines) is 1. The van der Waals surface area contributed by atoms with Gasteiger partial charge in [-0.25, -0.2) is 9.78 Å². The van der Waals surface area contributed by atoms with E-state index in [1.54, 1.807) is 34.5 Å². The zero-order chi connectivity index (χ0) is 23.3. The summed E-state index contributed by atoms with van der Waals surface area (Å²) in [4.78, 5) is 21.5. The van der Waals surface area contributed by atoms with E-state index in [0.717, 1.165) is 58.0 Å². The summed E-state index contributed by atoms with van der Waals surface area (Å²) in [5.74, 6) is 1.27. The van der Waals surface area contributed by atoms with Crippen molar-refractivity contribution in [3.05, 3.63) is 29.3 Å². The molecule has 1 aliphatic rings. The first-order chi connectivity index (χ1) is 15.7. The summed E-state index contributed by atoms with van der Waals surface area (Å²) in [5, 5.41) is 6.43. The SMILES string of the molecule is COc1c(-c2nc3sc(C4CCN(C(=O)OC(C)(C)C)CC4)cc3s2)ccc2nn(C)cc12. The summed E-state index contributed by atoms with van der Waals surface area (Å²) in [6.45, 7) is 7.17. The highest BCUT2D eigenvalue weighted by Gasteiger charge is 2.28. The predicted octanol–water partition coefficient (Wildman–Crippen LogP) is 6.03. The number of fused-ring (bicyclic) bond motifs is 2. The first-order valence-corrected chi connectivity index (χ1v) is 12.7. The number of benzene rings is 1. The lowest BCUT2D eigenvalue weighted by Gasteiger charge is -2.33. The van der Waals surface area contributed by atoms with Crippen molar-refractivity contribution in [2.45, 2.75) is 45.1 Å². The maximum Gasteiger partial charge on any atom is 0.410 e. The molecule has 9 heteroatoms. The number of ether oxygens (including phenoxy) is 2. The second-order valence-electron chi connectivity index (χ2n) is 9.46. The molecule has 0 N–H and O–H groups in total. The lowest BCUT2D eigenvalue weighted by Crippen LogP contribution is -2.41. The highest BCUT2D eigenvalue weighted by Crippen LogP contribution is 2.43. The van der Waals surface area contributed by atoms with Gasteiger partial charge in [0, 0.05) is 31.2 Å². The van der Waals surface area contributed by atoms with Crippen LogP contribution in [0.1, 0.15) is 44.4 Å². The topological polar surface area (TPSA) is 69.5 Å². The van der Waals surface area contributed by atoms with E-state index in [-0.39, 0.29) is 6.09 Å². The van der Waals surface area contributed by atoms with Gasteiger partial charge in [0.2, 0.25) is 0 Å². The average Bonchev–Trinajstić information content (AvgIpc) is 3.43. The standard InChI is InChI=1S/C24H28N4O3S2/c1-24(2,3)31-23(29)28-10-8-14(9-11-28)18-12-19-22(32-18)25-21(33-19)15-6-7-17-16(20(15)30-5)13-27(4)26-17/h6-7,12-14H,8-11H2,1-5H3. The molecule has 0 spiro atoms. The Morgan fingerprint density at radius 1 is 1.18 bits per heavy atom. The van der Waals surface area contributed by atoms with Crippen LogP contribution >= 0.6 is 22.7 Å². The van der Waals surface area contributed by atoms with Gasteiger partial charge in [-0.2, -0.15) is 5.10 Å². The van der Waals surface area contributed by atoms with Crippen LogP contribution in [0.15, 0.2) is 24.4 Å². The lowest BCUT2D eigenvalue weighted by atomic mass is 9.95. The van der Waals surface area contributed by atoms with Crippen LogP contribution in [0.3, 0.4) is 0 Å². The number of nitrogens with zero attached hydrogens (tertiary/aromatic N) is 4. The van der Waals surface area contributed by atoms with Gasteiger partial charge in [-0.15, -0.1) is 22.7 Å². The van der Waals surface area contributed by atoms with Gasteiger partial charge in [0.15, 0.2) is 0 Å². The van der Waals surface area contributed by atoms with Gasteiger partial charge in [0.1, 0.15) is 21.2 Å². The Labute approximate surface area is 200 Å². The molecule has 0 unspecified atom stereocenters. The molecule has 0 radical (unpaired) electrons. The number of carbonyl (C=O) groups is 1. The molecule has 1 saturated heterocycles. The summed E-state index contributed by atoms with van der Waals surface area (Å²) in [7, 11) is 3.61. The third kappa shape index (κ3) is 4.31. The van der Waals surface area contributed by atoms with E-state index in [4.69, 9.17) is 14.5 Å². The Hall–Kier alpha value is -2.65. The van der Waals surface area contributed by atoms with E-state index in [1.807, 2.05) is 51.0 Å². The quantitative estimate of drug-likeness (QED) is 0.355. The number of hydrogen-bond donors (Lipinski definition) is 0. The normalized spacial score (nSPS) is 15.5. The van der Waals surface area contributed by atoms with Crippen LogP contribution in [-0.4, -0.2) is 51.6 Å². The molecule has 1 fully saturated rings. The molecule has 174 valence electrons. The lowest BCUT2D eigenvalue weighted by molar-refractivity contribution is 0.0205. The van der Waals surface area contributed by atoms with Crippen LogP contribution < -0.4 is 4.74 Å². The van der Waals surface area contributed by atoms with Gasteiger partial charge in [0.25, 0.3) is 0 Å². The highest BCUT2D eigenvalue weighted by atomic mass is 32.1. The van der Waals surface area contributed by atoms with Gasteiger partial charge < -0.3 is 14.4 Å². The average molecular weight is 485 g/mol. The molecule has 7 nitrogen and oxygen atoms in total. The molecule has 4 aromatic rings. The molecule has 33 heavy (non-hydrogen) atoms. The number of aromatic nitrogens is 3. The van der Waals surface area contributed by atoms with Gasteiger partial charge in [0.05, 0.1) is 28.3 Å². The van der Waals surface area contributed by atoms with Crippen LogP contribution in [0.4, 0.5) is 4.79 Å². The maximum absolute atomic E-state index is 12.3. The first-order valence-electron chi connectivity index (χ1n) is 11.1. The number of amides is 1. The highest BCUT2D eigenvalue weighted by molar-refractivity contribution is 7.28. The Balaban J connectivity index is 1.34. The third-order valence-corrected chi connectivity index (χ3v) is 8.20. The van der Waals surface area contributed by atoms with Crippen LogP contribution in [0.25, 0.3) is 31.0 Å². The number of thiophene rings is 1. The molecular formula is C24H28N4O3S2. The fourth-order valence-electron chi connectivity index (χ4n) is 4.32. The van der Waals surface area contributed by atoms with E-state index >= 15 is 0 Å². The second kappa shape index (κ2) is 8.29. The Morgan fingerprint density at radius 3 is 2.61 bits per heavy atom. The molecule has 1 aromatic carbocycles. The molecule has 3 aromatic heterocycles. The van der Waals surface area contributed by atoms with Crippen LogP contribution in [0.2, 0.25) is 0 Å². The molecule has 1 amide bonds. The van der Waals surface area contributed by atoms with Crippen LogP contribution in [-0.2, 0) is 11.8 Å². The minimum absolute atomic E-state index is 0.209. The predicted molar refractivity (Wildman–Crippen MR) is 134 cm³/mol. The van der Waals surface area contributed by atoms with E-state index in [0.29, 0.717) is 5.92 Å². The minimum atomic E-state index is -0.459. The van der Waals surface area contributed by atoms with Crippen molar-refractivity contribution >= 4 is 49.2 Å². The van der Waals surface area contributed by atoms with Crippen molar-refractivity contribution in [2.24, 2.45) is 7.05 Å². The van der Waals surface area contributed by atoms with Crippen LogP contribution in [0, 0.1) is 0 Å². The van der Waals surface area contributed by atoms with E-state index in [9.17, 15) is 4.79 Å². The van der Waals surface area contributed by atoms with Crippen molar-refractivity contribution in [2.75, 3.05) is 20.2 Å². The van der Waals surface area contributed by atoms with Crippen LogP contribution in [0.5, 0.6) is 5.75 Å². The van der Waals surface area contributed by atoms with Crippen molar-refractivity contribution in [3.8, 4) is 16.3 Å². The van der Waals surface area contributed by atoms with Gasteiger partial charge in [-0.1, -0.05) is 0 Å². The van der Waals surface area contributed by atoms with Gasteiger partial charge >= 0.3 is 6.09 Å². The smallest absolute Gasteiger partial charge is 0.410 e. The zero-order valence-corrected chi connectivity index (χ0v) is 21.2. The number of thiazole rings is 1. The molecule has 0 atom stereocenters. The molecule has 0 aliphatic carbocycles. The Kier molecular flexibility index (Phi) is 5.56. The Bertz CT molecular complexity index is 1290. The summed E-state index contributed by atoms with van der Waals surface area (Å²) in [6, 6.07) is 6.35.